The molecule has 0 unspecified atom stereocenters. The molecule has 0 radical (unpaired) electrons. The Kier molecular flexibility index (Phi) is 9.77. The molecule has 10 nitrogen and oxygen atoms in total. The molecule has 5 N–H and O–H groups in total. The summed E-state index contributed by atoms with van der Waals surface area (Å²) in [5.41, 5.74) is 10.8. The van der Waals surface area contributed by atoms with Crippen LogP contribution in [-0.2, 0) is 26.0 Å². The van der Waals surface area contributed by atoms with E-state index in [1.165, 1.54) is 0 Å². The van der Waals surface area contributed by atoms with E-state index in [0.717, 1.165) is 60.8 Å². The van der Waals surface area contributed by atoms with Gasteiger partial charge in [-0.15, -0.1) is 0 Å². The Labute approximate surface area is 275 Å². The van der Waals surface area contributed by atoms with E-state index in [1.807, 2.05) is 37.3 Å². The number of aromatic amines is 2. The number of nitrogens with two attached hydrogens (primary N) is 1. The number of fused-ring (bicyclic) bond motifs is 1. The number of imidazole rings is 1. The lowest BCUT2D eigenvalue weighted by molar-refractivity contribution is -0.129. The molecule has 1 atom stereocenters. The van der Waals surface area contributed by atoms with Crippen molar-refractivity contribution in [1.82, 2.24) is 14.3 Å². The normalized spacial score (nSPS) is 19.5. The van der Waals surface area contributed by atoms with Crippen molar-refractivity contribution in [2.45, 2.75) is 63.2 Å². The Morgan fingerprint density at radius 1 is 0.957 bits per heavy atom. The third kappa shape index (κ3) is 7.42. The number of aromatic nitrogens is 2. The number of Topliss-reactive ketones (excluding diaryl/α,β-unsaturated/α-hetero) is 1. The van der Waals surface area contributed by atoms with E-state index in [2.05, 4.69) is 15.3 Å². The number of anilines is 1. The number of benzene rings is 3. The topological polar surface area (TPSA) is 158 Å². The largest absolute Gasteiger partial charge is 0.330 e. The first kappa shape index (κ1) is 32.9. The molecule has 0 bridgehead atoms. The Morgan fingerprint density at radius 3 is 2.45 bits per heavy atom. The van der Waals surface area contributed by atoms with Crippen LogP contribution in [0, 0.1) is 24.7 Å². The molecule has 11 heteroatoms. The predicted octanol–water partition coefficient (Wildman–Crippen LogP) is 5.14. The van der Waals surface area contributed by atoms with Crippen molar-refractivity contribution >= 4 is 38.4 Å². The number of carbonyl (C=O) groups is 2. The Balaban J connectivity index is 1.26. The van der Waals surface area contributed by atoms with Crippen LogP contribution in [-0.4, -0.2) is 54.0 Å². The van der Waals surface area contributed by atoms with Gasteiger partial charge in [0, 0.05) is 37.0 Å². The zero-order valence-corrected chi connectivity index (χ0v) is 27.6. The van der Waals surface area contributed by atoms with Crippen molar-refractivity contribution in [3.05, 3.63) is 82.3 Å². The number of nitrogens with one attached hydrogen (secondary N) is 3. The number of ketones is 1. The summed E-state index contributed by atoms with van der Waals surface area (Å²) in [6.45, 7) is 3.66. The fraction of sp³-hybridized carbons (Fsp3) is 0.417. The standard InChI is InChI=1S/C36H43N5O5S/c1-23-7-13-30(47(45,46)41-15-2-3-16-41)21-31(23)27-6-4-5-25(17-27)18-28(19-34(42)26-10-8-24(22-37)9-11-26)35(43)38-29-12-14-32-33(20-29)40-36(44)39-32/h4-7,12-14,17,20-21,24,26,28H,2-3,8-11,15-16,18-19,22,37H2,1H3,(H,38,43)(H2,39,40,44)/t24?,26?,28-/m1/s1. The zero-order chi connectivity index (χ0) is 33.1. The van der Waals surface area contributed by atoms with Gasteiger partial charge in [0.25, 0.3) is 0 Å². The number of H-pyrrole nitrogens is 2. The molecule has 6 rings (SSSR count). The number of hydrogen-bond donors (Lipinski definition) is 4. The maximum atomic E-state index is 13.8. The Bertz CT molecular complexity index is 1930. The second kappa shape index (κ2) is 14.0. The number of rotatable bonds is 11. The molecule has 47 heavy (non-hydrogen) atoms. The predicted molar refractivity (Wildman–Crippen MR) is 183 cm³/mol. The summed E-state index contributed by atoms with van der Waals surface area (Å²) in [6, 6.07) is 18.2. The van der Waals surface area contributed by atoms with E-state index in [4.69, 9.17) is 5.73 Å². The lowest BCUT2D eigenvalue weighted by Gasteiger charge is -2.27. The van der Waals surface area contributed by atoms with Crippen LogP contribution in [0.15, 0.2) is 70.4 Å². The molecule has 3 aromatic carbocycles. The van der Waals surface area contributed by atoms with Gasteiger partial charge in [0.05, 0.1) is 15.9 Å². The fourth-order valence-electron chi connectivity index (χ4n) is 7.04. The van der Waals surface area contributed by atoms with E-state index >= 15 is 0 Å². The van der Waals surface area contributed by atoms with Crippen LogP contribution in [0.25, 0.3) is 22.2 Å². The minimum atomic E-state index is -3.58. The highest BCUT2D eigenvalue weighted by Crippen LogP contribution is 2.33. The number of amides is 1. The second-order valence-corrected chi connectivity index (χ2v) is 15.1. The average Bonchev–Trinajstić information content (AvgIpc) is 3.75. The highest BCUT2D eigenvalue weighted by atomic mass is 32.2. The van der Waals surface area contributed by atoms with Crippen molar-refractivity contribution in [2.75, 3.05) is 25.0 Å². The SMILES string of the molecule is Cc1ccc(S(=O)(=O)N2CCCC2)cc1-c1cccc(C[C@H](CC(=O)C2CCC(CN)CC2)C(=O)Nc2ccc3[nH]c(=O)[nH]c3c2)c1. The molecular weight excluding hydrogens is 614 g/mol. The molecular formula is C36H43N5O5S. The van der Waals surface area contributed by atoms with Crippen molar-refractivity contribution in [2.24, 2.45) is 23.5 Å². The molecule has 0 spiro atoms. The van der Waals surface area contributed by atoms with Crippen molar-refractivity contribution in [3.63, 3.8) is 0 Å². The molecule has 1 saturated heterocycles. The van der Waals surface area contributed by atoms with Gasteiger partial charge in [0.1, 0.15) is 5.78 Å². The third-order valence-corrected chi connectivity index (χ3v) is 11.8. The van der Waals surface area contributed by atoms with Gasteiger partial charge in [-0.1, -0.05) is 30.3 Å². The van der Waals surface area contributed by atoms with Gasteiger partial charge >= 0.3 is 5.69 Å². The molecule has 1 aromatic heterocycles. The lowest BCUT2D eigenvalue weighted by atomic mass is 9.77. The van der Waals surface area contributed by atoms with Gasteiger partial charge in [-0.25, -0.2) is 13.2 Å². The summed E-state index contributed by atoms with van der Waals surface area (Å²) >= 11 is 0. The molecule has 1 aliphatic carbocycles. The first-order valence-electron chi connectivity index (χ1n) is 16.6. The first-order valence-corrected chi connectivity index (χ1v) is 18.0. The van der Waals surface area contributed by atoms with Crippen LogP contribution >= 0.6 is 0 Å². The molecule has 1 aliphatic heterocycles. The van der Waals surface area contributed by atoms with Gasteiger partial charge in [0.15, 0.2) is 0 Å². The summed E-state index contributed by atoms with van der Waals surface area (Å²) in [4.78, 5) is 44.9. The zero-order valence-electron chi connectivity index (χ0n) is 26.8. The van der Waals surface area contributed by atoms with Gasteiger partial charge in [-0.2, -0.15) is 4.31 Å². The van der Waals surface area contributed by atoms with E-state index in [9.17, 15) is 22.8 Å². The number of carbonyl (C=O) groups excluding carboxylic acids is 2. The van der Waals surface area contributed by atoms with Crippen LogP contribution in [0.3, 0.4) is 0 Å². The van der Waals surface area contributed by atoms with E-state index in [-0.39, 0.29) is 34.6 Å². The van der Waals surface area contributed by atoms with Crippen molar-refractivity contribution in [3.8, 4) is 11.1 Å². The Morgan fingerprint density at radius 2 is 1.70 bits per heavy atom. The molecule has 2 fully saturated rings. The van der Waals surface area contributed by atoms with Crippen LogP contribution in [0.2, 0.25) is 0 Å². The van der Waals surface area contributed by atoms with Crippen LogP contribution in [0.4, 0.5) is 5.69 Å². The maximum Gasteiger partial charge on any atom is 0.323 e. The average molecular weight is 658 g/mol. The van der Waals surface area contributed by atoms with Gasteiger partial charge < -0.3 is 21.0 Å². The van der Waals surface area contributed by atoms with Crippen molar-refractivity contribution in [1.29, 1.82) is 0 Å². The van der Waals surface area contributed by atoms with E-state index in [0.29, 0.717) is 48.7 Å². The van der Waals surface area contributed by atoms with Gasteiger partial charge in [-0.05, 0) is 117 Å². The highest BCUT2D eigenvalue weighted by Gasteiger charge is 2.31. The number of aryl methyl sites for hydroxylation is 1. The summed E-state index contributed by atoms with van der Waals surface area (Å²) in [5.74, 6) is -0.440. The smallest absolute Gasteiger partial charge is 0.323 e. The summed E-state index contributed by atoms with van der Waals surface area (Å²) < 4.78 is 28.2. The molecule has 2 aliphatic rings. The van der Waals surface area contributed by atoms with Gasteiger partial charge in [-0.3, -0.25) is 9.59 Å². The lowest BCUT2D eigenvalue weighted by Crippen LogP contribution is -2.31. The number of nitrogens with zero attached hydrogens (tertiary/aromatic N) is 1. The summed E-state index contributed by atoms with van der Waals surface area (Å²) in [7, 11) is -3.58. The second-order valence-electron chi connectivity index (χ2n) is 13.1. The Hall–Kier alpha value is -4.06. The van der Waals surface area contributed by atoms with Gasteiger partial charge in [0.2, 0.25) is 15.9 Å². The number of hydrogen-bond acceptors (Lipinski definition) is 6. The van der Waals surface area contributed by atoms with E-state index in [1.54, 1.807) is 34.6 Å². The fourth-order valence-corrected chi connectivity index (χ4v) is 8.59. The summed E-state index contributed by atoms with van der Waals surface area (Å²) in [5, 5.41) is 2.98. The minimum Gasteiger partial charge on any atom is -0.330 e. The van der Waals surface area contributed by atoms with E-state index < -0.39 is 15.9 Å². The maximum absolute atomic E-state index is 13.8. The van der Waals surface area contributed by atoms with Crippen LogP contribution < -0.4 is 16.7 Å². The monoisotopic (exact) mass is 657 g/mol. The van der Waals surface area contributed by atoms with Crippen LogP contribution in [0.1, 0.15) is 56.1 Å². The molecule has 4 aromatic rings. The molecule has 248 valence electrons. The summed E-state index contributed by atoms with van der Waals surface area (Å²) in [6.07, 6.45) is 5.60. The van der Waals surface area contributed by atoms with Crippen LogP contribution in [0.5, 0.6) is 0 Å². The number of sulfonamides is 1. The quantitative estimate of drug-likeness (QED) is 0.175. The first-order chi connectivity index (χ1) is 22.6. The molecule has 1 saturated carbocycles. The molecule has 2 heterocycles. The van der Waals surface area contributed by atoms with Crippen molar-refractivity contribution < 1.29 is 18.0 Å². The minimum absolute atomic E-state index is 0.0799. The molecule has 1 amide bonds. The highest BCUT2D eigenvalue weighted by molar-refractivity contribution is 7.89. The third-order valence-electron chi connectivity index (χ3n) is 9.87.